The molecular formula is C23H23N3O7. The van der Waals surface area contributed by atoms with Gasteiger partial charge in [0.15, 0.2) is 0 Å². The number of rotatable bonds is 6. The van der Waals surface area contributed by atoms with Crippen LogP contribution in [0.4, 0.5) is 0 Å². The van der Waals surface area contributed by atoms with E-state index in [-0.39, 0.29) is 17.0 Å². The molecule has 33 heavy (non-hydrogen) atoms. The van der Waals surface area contributed by atoms with Gasteiger partial charge >= 0.3 is 17.9 Å². The standard InChI is InChI=1S/C23H23N3O7/c24-20(25)13-8-9-18-12(10-13)4-1-2-5-14-15(6-3-7-16(14)23(32)33-18)21(29)26-17(22(30)31)11-19(27)28/h3,6-10,17H,1-2,4-5,11H2,(H3,24,25)(H,26,29)(H,27,28)(H,30,31)/t17-/m0/s1. The molecule has 0 aromatic heterocycles. The number of hydrogen-bond donors (Lipinski definition) is 5. The van der Waals surface area contributed by atoms with Crippen molar-refractivity contribution in [3.05, 3.63) is 64.2 Å². The van der Waals surface area contributed by atoms with Crippen LogP contribution in [0, 0.1) is 5.41 Å². The summed E-state index contributed by atoms with van der Waals surface area (Å²) in [5, 5.41) is 28.0. The number of esters is 1. The first-order valence-electron chi connectivity index (χ1n) is 10.2. The molecule has 10 heteroatoms. The van der Waals surface area contributed by atoms with Crippen LogP contribution < -0.4 is 15.8 Å². The molecule has 1 amide bonds. The van der Waals surface area contributed by atoms with E-state index in [1.165, 1.54) is 18.2 Å². The Morgan fingerprint density at radius 2 is 1.85 bits per heavy atom. The Balaban J connectivity index is 1.94. The van der Waals surface area contributed by atoms with E-state index in [9.17, 15) is 24.3 Å². The average molecular weight is 453 g/mol. The fraction of sp³-hybridized carbons (Fsp3) is 0.261. The molecule has 1 aliphatic rings. The lowest BCUT2D eigenvalue weighted by Crippen LogP contribution is -2.42. The summed E-state index contributed by atoms with van der Waals surface area (Å²) in [7, 11) is 0. The average Bonchev–Trinajstić information content (AvgIpc) is 2.76. The number of carboxylic acid groups (broad SMARTS) is 2. The summed E-state index contributed by atoms with van der Waals surface area (Å²) in [6, 6.07) is 7.72. The van der Waals surface area contributed by atoms with Gasteiger partial charge in [0.25, 0.3) is 5.91 Å². The summed E-state index contributed by atoms with van der Waals surface area (Å²) in [5.41, 5.74) is 7.48. The highest BCUT2D eigenvalue weighted by Crippen LogP contribution is 2.27. The first-order chi connectivity index (χ1) is 15.7. The fourth-order valence-electron chi connectivity index (χ4n) is 3.68. The topological polar surface area (TPSA) is 180 Å². The lowest BCUT2D eigenvalue weighted by molar-refractivity contribution is -0.145. The van der Waals surface area contributed by atoms with E-state index in [0.717, 1.165) is 5.56 Å². The molecule has 1 heterocycles. The van der Waals surface area contributed by atoms with Crippen LogP contribution in [0.25, 0.3) is 0 Å². The number of benzene rings is 2. The van der Waals surface area contributed by atoms with Crippen LogP contribution in [0.3, 0.4) is 0 Å². The van der Waals surface area contributed by atoms with Crippen LogP contribution >= 0.6 is 0 Å². The first-order valence-corrected chi connectivity index (χ1v) is 10.2. The molecule has 0 saturated heterocycles. The van der Waals surface area contributed by atoms with Crippen LogP contribution in [0.5, 0.6) is 5.75 Å². The van der Waals surface area contributed by atoms with Gasteiger partial charge in [-0.15, -0.1) is 0 Å². The number of aryl methyl sites for hydroxylation is 1. The first kappa shape index (κ1) is 23.5. The maximum atomic E-state index is 13.0. The summed E-state index contributed by atoms with van der Waals surface area (Å²) < 4.78 is 5.59. The summed E-state index contributed by atoms with van der Waals surface area (Å²) in [6.07, 6.45) is 1.45. The van der Waals surface area contributed by atoms with Gasteiger partial charge in [0.05, 0.1) is 12.0 Å². The van der Waals surface area contributed by atoms with Gasteiger partial charge in [0.2, 0.25) is 0 Å². The van der Waals surface area contributed by atoms with Crippen LogP contribution in [-0.2, 0) is 22.4 Å². The predicted molar refractivity (Wildman–Crippen MR) is 117 cm³/mol. The van der Waals surface area contributed by atoms with Gasteiger partial charge in [-0.05, 0) is 67.1 Å². The second-order valence-corrected chi connectivity index (χ2v) is 7.63. The number of nitrogens with one attached hydrogen (secondary N) is 2. The van der Waals surface area contributed by atoms with E-state index in [1.807, 2.05) is 0 Å². The lowest BCUT2D eigenvalue weighted by Gasteiger charge is -2.19. The zero-order valence-corrected chi connectivity index (χ0v) is 17.6. The van der Waals surface area contributed by atoms with Gasteiger partial charge in [-0.2, -0.15) is 0 Å². The number of nitrogen functional groups attached to an aromatic ring is 1. The number of nitrogens with two attached hydrogens (primary N) is 1. The van der Waals surface area contributed by atoms with Gasteiger partial charge < -0.3 is 26.0 Å². The van der Waals surface area contributed by atoms with Gasteiger partial charge in [-0.3, -0.25) is 15.0 Å². The van der Waals surface area contributed by atoms with Crippen molar-refractivity contribution in [2.24, 2.45) is 5.73 Å². The second-order valence-electron chi connectivity index (χ2n) is 7.63. The second kappa shape index (κ2) is 9.94. The molecule has 0 unspecified atom stereocenters. The zero-order chi connectivity index (χ0) is 24.1. The van der Waals surface area contributed by atoms with E-state index in [4.69, 9.17) is 21.0 Å². The number of carboxylic acids is 2. The highest BCUT2D eigenvalue weighted by molar-refractivity contribution is 6.02. The van der Waals surface area contributed by atoms with Gasteiger partial charge in [-0.25, -0.2) is 9.59 Å². The Kier molecular flexibility index (Phi) is 7.07. The smallest absolute Gasteiger partial charge is 0.343 e. The minimum Gasteiger partial charge on any atom is -0.481 e. The van der Waals surface area contributed by atoms with Crippen LogP contribution in [0.2, 0.25) is 0 Å². The summed E-state index contributed by atoms with van der Waals surface area (Å²) >= 11 is 0. The van der Waals surface area contributed by atoms with E-state index < -0.39 is 36.3 Å². The minimum atomic E-state index is -1.61. The molecule has 10 nitrogen and oxygen atoms in total. The van der Waals surface area contributed by atoms with Crippen LogP contribution in [-0.4, -0.2) is 45.9 Å². The van der Waals surface area contributed by atoms with E-state index in [1.54, 1.807) is 18.2 Å². The molecular weight excluding hydrogens is 430 g/mol. The molecule has 0 saturated carbocycles. The van der Waals surface area contributed by atoms with Crippen molar-refractivity contribution in [1.29, 1.82) is 5.41 Å². The molecule has 2 aromatic carbocycles. The SMILES string of the molecule is N=C(N)c1ccc2c(c1)CCCCc1c(C(=O)N[C@@H](CC(=O)O)C(=O)O)cccc1C(=O)O2. The van der Waals surface area contributed by atoms with Gasteiger partial charge in [-0.1, -0.05) is 6.07 Å². The highest BCUT2D eigenvalue weighted by Gasteiger charge is 2.27. The maximum absolute atomic E-state index is 13.0. The molecule has 3 rings (SSSR count). The third kappa shape index (κ3) is 5.53. The molecule has 0 aliphatic carbocycles. The van der Waals surface area contributed by atoms with E-state index in [2.05, 4.69) is 5.32 Å². The molecule has 1 atom stereocenters. The van der Waals surface area contributed by atoms with Gasteiger partial charge in [0, 0.05) is 11.1 Å². The Morgan fingerprint density at radius 3 is 2.52 bits per heavy atom. The van der Waals surface area contributed by atoms with Crippen molar-refractivity contribution in [1.82, 2.24) is 5.32 Å². The quantitative estimate of drug-likeness (QED) is 0.190. The number of fused-ring (bicyclic) bond motifs is 2. The van der Waals surface area contributed by atoms with Crippen molar-refractivity contribution < 1.29 is 34.1 Å². The summed E-state index contributed by atoms with van der Waals surface area (Å²) in [6.45, 7) is 0. The number of amidine groups is 1. The van der Waals surface area contributed by atoms with E-state index >= 15 is 0 Å². The van der Waals surface area contributed by atoms with Crippen molar-refractivity contribution in [2.45, 2.75) is 38.1 Å². The molecule has 2 aromatic rings. The predicted octanol–water partition coefficient (Wildman–Crippen LogP) is 1.73. The largest absolute Gasteiger partial charge is 0.481 e. The Morgan fingerprint density at radius 1 is 1.12 bits per heavy atom. The number of amides is 1. The van der Waals surface area contributed by atoms with Gasteiger partial charge in [0.1, 0.15) is 17.6 Å². The third-order valence-electron chi connectivity index (χ3n) is 5.32. The maximum Gasteiger partial charge on any atom is 0.343 e. The summed E-state index contributed by atoms with van der Waals surface area (Å²) in [4.78, 5) is 48.0. The minimum absolute atomic E-state index is 0.0915. The number of carbonyl (C=O) groups excluding carboxylic acids is 2. The van der Waals surface area contributed by atoms with Crippen LogP contribution in [0.15, 0.2) is 36.4 Å². The molecule has 0 radical (unpaired) electrons. The number of aliphatic carboxylic acids is 2. The third-order valence-corrected chi connectivity index (χ3v) is 5.32. The molecule has 0 spiro atoms. The number of hydrogen-bond acceptors (Lipinski definition) is 6. The van der Waals surface area contributed by atoms with Crippen molar-refractivity contribution in [2.75, 3.05) is 0 Å². The Hall–Kier alpha value is -4.21. The Bertz CT molecular complexity index is 1140. The molecule has 0 bridgehead atoms. The van der Waals surface area contributed by atoms with E-state index in [0.29, 0.717) is 42.6 Å². The van der Waals surface area contributed by atoms with Crippen molar-refractivity contribution in [3.8, 4) is 5.75 Å². The monoisotopic (exact) mass is 453 g/mol. The lowest BCUT2D eigenvalue weighted by atomic mass is 9.93. The van der Waals surface area contributed by atoms with Crippen molar-refractivity contribution >= 4 is 29.7 Å². The summed E-state index contributed by atoms with van der Waals surface area (Å²) in [5.74, 6) is -4.06. The van der Waals surface area contributed by atoms with Crippen LogP contribution in [0.1, 0.15) is 56.7 Å². The Labute approximate surface area is 188 Å². The fourth-order valence-corrected chi connectivity index (χ4v) is 3.68. The molecule has 1 aliphatic heterocycles. The highest BCUT2D eigenvalue weighted by atomic mass is 16.5. The number of carbonyl (C=O) groups is 4. The van der Waals surface area contributed by atoms with Crippen molar-refractivity contribution in [3.63, 3.8) is 0 Å². The molecule has 172 valence electrons. The number of ether oxygens (including phenoxy) is 1. The molecule has 6 N–H and O–H groups in total. The zero-order valence-electron chi connectivity index (χ0n) is 17.6. The molecule has 0 fully saturated rings. The normalized spacial score (nSPS) is 14.1.